The molecular weight excluding hydrogens is 432 g/mol. The fourth-order valence-corrected chi connectivity index (χ4v) is 6.73. The molecule has 8 heteroatoms. The van der Waals surface area contributed by atoms with Gasteiger partial charge in [-0.2, -0.15) is 11.8 Å². The van der Waals surface area contributed by atoms with Gasteiger partial charge in [0.2, 0.25) is 0 Å². The molecule has 1 amide bonds. The molecule has 1 aliphatic heterocycles. The highest BCUT2D eigenvalue weighted by Crippen LogP contribution is 2.37. The van der Waals surface area contributed by atoms with Crippen LogP contribution in [0.2, 0.25) is 0 Å². The van der Waals surface area contributed by atoms with Crippen molar-refractivity contribution in [1.29, 1.82) is 0 Å². The van der Waals surface area contributed by atoms with E-state index < -0.39 is 16.1 Å². The number of hydrogen-bond donors (Lipinski definition) is 1. The molecular formula is C23H28N2O4S2. The summed E-state index contributed by atoms with van der Waals surface area (Å²) < 4.78 is 33.9. The molecule has 1 saturated carbocycles. The zero-order valence-electron chi connectivity index (χ0n) is 17.6. The van der Waals surface area contributed by atoms with Gasteiger partial charge in [-0.25, -0.2) is 8.42 Å². The maximum atomic E-state index is 13.3. The van der Waals surface area contributed by atoms with E-state index >= 15 is 0 Å². The van der Waals surface area contributed by atoms with Crippen LogP contribution in [-0.2, 0) is 14.8 Å². The number of benzene rings is 2. The van der Waals surface area contributed by atoms with Gasteiger partial charge in [0.05, 0.1) is 17.1 Å². The molecule has 4 rings (SSSR count). The first kappa shape index (κ1) is 22.0. The summed E-state index contributed by atoms with van der Waals surface area (Å²) in [6, 6.07) is 13.6. The number of aryl methyl sites for hydroxylation is 1. The van der Waals surface area contributed by atoms with E-state index in [0.717, 1.165) is 11.3 Å². The van der Waals surface area contributed by atoms with Crippen molar-refractivity contribution in [1.82, 2.24) is 5.32 Å². The average Bonchev–Trinajstić information content (AvgIpc) is 3.29. The number of sulfonamides is 1. The Bertz CT molecular complexity index is 1020. The Balaban J connectivity index is 1.49. The molecule has 2 aliphatic rings. The van der Waals surface area contributed by atoms with Crippen molar-refractivity contribution < 1.29 is 17.9 Å². The maximum absolute atomic E-state index is 13.3. The summed E-state index contributed by atoms with van der Waals surface area (Å²) in [5, 5.41) is 3.63. The lowest BCUT2D eigenvalue weighted by Gasteiger charge is -2.35. The van der Waals surface area contributed by atoms with Crippen LogP contribution in [-0.4, -0.2) is 44.5 Å². The number of fused-ring (bicyclic) bond motifs is 1. The van der Waals surface area contributed by atoms with E-state index in [9.17, 15) is 13.2 Å². The summed E-state index contributed by atoms with van der Waals surface area (Å²) >= 11 is 1.90. The number of carbonyl (C=O) groups excluding carboxylic acids is 1. The molecule has 31 heavy (non-hydrogen) atoms. The van der Waals surface area contributed by atoms with Crippen molar-refractivity contribution in [3.8, 4) is 5.75 Å². The summed E-state index contributed by atoms with van der Waals surface area (Å²) in [5.41, 5.74) is 1.39. The Hall–Kier alpha value is -2.19. The van der Waals surface area contributed by atoms with Gasteiger partial charge in [-0.1, -0.05) is 37.1 Å². The van der Waals surface area contributed by atoms with Crippen molar-refractivity contribution in [3.05, 3.63) is 54.1 Å². The van der Waals surface area contributed by atoms with Crippen molar-refractivity contribution in [2.45, 2.75) is 48.9 Å². The fraction of sp³-hybridized carbons (Fsp3) is 0.435. The number of ether oxygens (including phenoxy) is 1. The van der Waals surface area contributed by atoms with E-state index in [1.54, 1.807) is 42.5 Å². The molecule has 166 valence electrons. The van der Waals surface area contributed by atoms with E-state index in [1.165, 1.54) is 30.0 Å². The first-order valence-electron chi connectivity index (χ1n) is 10.7. The maximum Gasteiger partial charge on any atom is 0.264 e. The second-order valence-corrected chi connectivity index (χ2v) is 11.3. The summed E-state index contributed by atoms with van der Waals surface area (Å²) in [5.74, 6) is 0.976. The number of rotatable bonds is 7. The summed E-state index contributed by atoms with van der Waals surface area (Å²) in [6.45, 7) is 2.39. The topological polar surface area (TPSA) is 75.7 Å². The molecule has 1 atom stereocenters. The van der Waals surface area contributed by atoms with Crippen LogP contribution in [0.15, 0.2) is 53.4 Å². The predicted molar refractivity (Wildman–Crippen MR) is 124 cm³/mol. The molecule has 6 nitrogen and oxygen atoms in total. The molecule has 2 aromatic carbocycles. The number of hydrogen-bond acceptors (Lipinski definition) is 5. The minimum atomic E-state index is -3.82. The second kappa shape index (κ2) is 9.53. The molecule has 1 N–H and O–H groups in total. The molecule has 0 unspecified atom stereocenters. The zero-order valence-corrected chi connectivity index (χ0v) is 19.3. The standard InChI is InChI=1S/C23H28N2O4S2/c1-17-11-12-20-21(15-17)29-22(23(26)24-13-14-30-18-7-5-6-8-18)16-25(20)31(27,28)19-9-3-2-4-10-19/h2-4,9-12,15,18,22H,5-8,13-14,16H2,1H3,(H,24,26)/t22-/m1/s1. The Morgan fingerprint density at radius 1 is 1.16 bits per heavy atom. The summed E-state index contributed by atoms with van der Waals surface area (Å²) in [4.78, 5) is 13.0. The van der Waals surface area contributed by atoms with Crippen molar-refractivity contribution in [2.75, 3.05) is 23.1 Å². The number of nitrogens with zero attached hydrogens (tertiary/aromatic N) is 1. The molecule has 1 heterocycles. The highest BCUT2D eigenvalue weighted by atomic mass is 32.2. The number of amides is 1. The van der Waals surface area contributed by atoms with Gasteiger partial charge in [0.1, 0.15) is 5.75 Å². The Morgan fingerprint density at radius 3 is 2.65 bits per heavy atom. The first-order chi connectivity index (χ1) is 14.9. The fourth-order valence-electron chi connectivity index (χ4n) is 4.01. The highest BCUT2D eigenvalue weighted by Gasteiger charge is 2.37. The van der Waals surface area contributed by atoms with E-state index in [4.69, 9.17) is 4.74 Å². The smallest absolute Gasteiger partial charge is 0.264 e. The van der Waals surface area contributed by atoms with E-state index in [1.807, 2.05) is 24.8 Å². The van der Waals surface area contributed by atoms with Crippen LogP contribution in [0.5, 0.6) is 5.75 Å². The van der Waals surface area contributed by atoms with Gasteiger partial charge in [-0.05, 0) is 49.6 Å². The van der Waals surface area contributed by atoms with Crippen molar-refractivity contribution >= 4 is 33.4 Å². The quantitative estimate of drug-likeness (QED) is 0.637. The number of nitrogens with one attached hydrogen (secondary N) is 1. The van der Waals surface area contributed by atoms with Crippen molar-refractivity contribution in [2.24, 2.45) is 0 Å². The minimum absolute atomic E-state index is 0.0606. The molecule has 0 aromatic heterocycles. The summed E-state index contributed by atoms with van der Waals surface area (Å²) in [6.07, 6.45) is 4.21. The number of carbonyl (C=O) groups is 1. The molecule has 0 bridgehead atoms. The molecule has 2 aromatic rings. The first-order valence-corrected chi connectivity index (χ1v) is 13.2. The van der Waals surface area contributed by atoms with E-state index in [2.05, 4.69) is 5.32 Å². The lowest BCUT2D eigenvalue weighted by molar-refractivity contribution is -0.127. The molecule has 0 saturated heterocycles. The van der Waals surface area contributed by atoms with E-state index in [-0.39, 0.29) is 17.3 Å². The van der Waals surface area contributed by atoms with Crippen LogP contribution >= 0.6 is 11.8 Å². The largest absolute Gasteiger partial charge is 0.476 e. The summed E-state index contributed by atoms with van der Waals surface area (Å²) in [7, 11) is -3.82. The van der Waals surface area contributed by atoms with Gasteiger partial charge in [0.15, 0.2) is 6.10 Å². The number of thioether (sulfide) groups is 1. The van der Waals surface area contributed by atoms with Gasteiger partial charge in [-0.15, -0.1) is 0 Å². The molecule has 0 radical (unpaired) electrons. The molecule has 0 spiro atoms. The lowest BCUT2D eigenvalue weighted by Crippen LogP contribution is -2.51. The zero-order chi connectivity index (χ0) is 21.8. The van der Waals surface area contributed by atoms with Crippen LogP contribution in [0.4, 0.5) is 5.69 Å². The van der Waals surface area contributed by atoms with Crippen LogP contribution in [0.3, 0.4) is 0 Å². The monoisotopic (exact) mass is 460 g/mol. The molecule has 1 fully saturated rings. The Kier molecular flexibility index (Phi) is 6.77. The van der Waals surface area contributed by atoms with Gasteiger partial charge in [-0.3, -0.25) is 9.10 Å². The van der Waals surface area contributed by atoms with Gasteiger partial charge < -0.3 is 10.1 Å². The van der Waals surface area contributed by atoms with Gasteiger partial charge in [0.25, 0.3) is 15.9 Å². The van der Waals surface area contributed by atoms with Crippen molar-refractivity contribution in [3.63, 3.8) is 0 Å². The normalized spacial score (nSPS) is 19.0. The third-order valence-electron chi connectivity index (χ3n) is 5.67. The van der Waals surface area contributed by atoms with E-state index in [0.29, 0.717) is 23.2 Å². The SMILES string of the molecule is Cc1ccc2c(c1)O[C@@H](C(=O)NCCSC1CCCC1)CN2S(=O)(=O)c1ccccc1. The predicted octanol–water partition coefficient (Wildman–Crippen LogP) is 3.74. The second-order valence-electron chi connectivity index (χ2n) is 8.00. The van der Waals surface area contributed by atoms with Gasteiger partial charge in [0, 0.05) is 17.5 Å². The Labute approximate surface area is 188 Å². The Morgan fingerprint density at radius 2 is 1.90 bits per heavy atom. The van der Waals surface area contributed by atoms with Crippen LogP contribution in [0.1, 0.15) is 31.2 Å². The average molecular weight is 461 g/mol. The van der Waals surface area contributed by atoms with Crippen LogP contribution in [0.25, 0.3) is 0 Å². The van der Waals surface area contributed by atoms with Crippen LogP contribution < -0.4 is 14.4 Å². The van der Waals surface area contributed by atoms with Crippen LogP contribution in [0, 0.1) is 6.92 Å². The highest BCUT2D eigenvalue weighted by molar-refractivity contribution is 7.99. The third kappa shape index (κ3) is 5.01. The number of anilines is 1. The lowest BCUT2D eigenvalue weighted by atomic mass is 10.1. The third-order valence-corrected chi connectivity index (χ3v) is 8.84. The molecule has 1 aliphatic carbocycles. The minimum Gasteiger partial charge on any atom is -0.476 e. The van der Waals surface area contributed by atoms with Gasteiger partial charge >= 0.3 is 0 Å².